The number of aromatic nitrogens is 1. The molecule has 0 radical (unpaired) electrons. The molecule has 3 nitrogen and oxygen atoms in total. The first-order valence-electron chi connectivity index (χ1n) is 3.62. The number of anilines is 1. The Morgan fingerprint density at radius 2 is 2.42 bits per heavy atom. The number of thiol groups is 1. The minimum atomic E-state index is 0.565. The fraction of sp³-hybridized carbons (Fsp3) is 0.250. The van der Waals surface area contributed by atoms with Crippen LogP contribution >= 0.6 is 12.6 Å². The number of nitrogens with two attached hydrogens (primary N) is 1. The van der Waals surface area contributed by atoms with Crippen molar-refractivity contribution in [1.82, 2.24) is 4.57 Å². The highest BCUT2D eigenvalue weighted by Gasteiger charge is 2.00. The highest BCUT2D eigenvalue weighted by Crippen LogP contribution is 2.14. The Hall–Kier alpha value is -1.03. The normalized spacial score (nSPS) is 9.75. The third-order valence-corrected chi connectivity index (χ3v) is 1.93. The van der Waals surface area contributed by atoms with Crippen LogP contribution in [0.15, 0.2) is 30.0 Å². The lowest BCUT2D eigenvalue weighted by atomic mass is 10.6. The number of nitrogen functional groups attached to an aromatic ring is 1. The molecule has 0 aliphatic carbocycles. The van der Waals surface area contributed by atoms with Crippen molar-refractivity contribution in [3.8, 4) is 0 Å². The minimum absolute atomic E-state index is 0.565. The van der Waals surface area contributed by atoms with Crippen molar-refractivity contribution < 1.29 is 4.74 Å². The van der Waals surface area contributed by atoms with Gasteiger partial charge in [0.25, 0.3) is 0 Å². The van der Waals surface area contributed by atoms with E-state index in [-0.39, 0.29) is 0 Å². The van der Waals surface area contributed by atoms with Crippen molar-refractivity contribution in [1.29, 1.82) is 0 Å². The molecule has 0 aromatic carbocycles. The summed E-state index contributed by atoms with van der Waals surface area (Å²) in [6.07, 6.45) is 1.41. The zero-order valence-electron chi connectivity index (χ0n) is 6.73. The van der Waals surface area contributed by atoms with Crippen molar-refractivity contribution in [3.05, 3.63) is 25.0 Å². The van der Waals surface area contributed by atoms with Crippen LogP contribution in [0.25, 0.3) is 0 Å². The van der Waals surface area contributed by atoms with Crippen LogP contribution < -0.4 is 5.73 Å². The lowest BCUT2D eigenvalue weighted by molar-refractivity contribution is 0.234. The number of nitrogens with zero attached hydrogens (tertiary/aromatic N) is 1. The Balaban J connectivity index is 2.55. The van der Waals surface area contributed by atoms with Gasteiger partial charge in [-0.25, -0.2) is 0 Å². The van der Waals surface area contributed by atoms with Crippen LogP contribution in [0.3, 0.4) is 0 Å². The highest BCUT2D eigenvalue weighted by atomic mass is 32.1. The van der Waals surface area contributed by atoms with Gasteiger partial charge >= 0.3 is 0 Å². The summed E-state index contributed by atoms with van der Waals surface area (Å²) in [6, 6.07) is 3.67. The van der Waals surface area contributed by atoms with E-state index in [1.807, 2.05) is 16.7 Å². The molecule has 1 rings (SSSR count). The topological polar surface area (TPSA) is 40.2 Å². The average Bonchev–Trinajstić information content (AvgIpc) is 2.35. The third-order valence-electron chi connectivity index (χ3n) is 1.54. The number of hydrogen-bond acceptors (Lipinski definition) is 3. The smallest absolute Gasteiger partial charge is 0.105 e. The van der Waals surface area contributed by atoms with E-state index in [9.17, 15) is 0 Å². The summed E-state index contributed by atoms with van der Waals surface area (Å²) in [5.74, 6) is 0.702. The molecule has 0 saturated carbocycles. The van der Waals surface area contributed by atoms with Crippen LogP contribution in [0.4, 0.5) is 5.82 Å². The molecule has 1 aromatic heterocycles. The van der Waals surface area contributed by atoms with E-state index in [0.717, 1.165) is 5.03 Å². The summed E-state index contributed by atoms with van der Waals surface area (Å²) in [5.41, 5.74) is 5.66. The van der Waals surface area contributed by atoms with Gasteiger partial charge in [-0.3, -0.25) is 0 Å². The quantitative estimate of drug-likeness (QED) is 0.423. The molecule has 0 amide bonds. The summed E-state index contributed by atoms with van der Waals surface area (Å²) in [5, 5.41) is 0.847. The van der Waals surface area contributed by atoms with Crippen molar-refractivity contribution in [2.24, 2.45) is 0 Å². The van der Waals surface area contributed by atoms with Gasteiger partial charge < -0.3 is 15.0 Å². The molecular formula is C8H12N2OS. The average molecular weight is 184 g/mol. The van der Waals surface area contributed by atoms with Gasteiger partial charge in [-0.1, -0.05) is 6.58 Å². The Bertz CT molecular complexity index is 251. The molecular weight excluding hydrogens is 172 g/mol. The fourth-order valence-corrected chi connectivity index (χ4v) is 1.23. The highest BCUT2D eigenvalue weighted by molar-refractivity contribution is 7.80. The fourth-order valence-electron chi connectivity index (χ4n) is 0.943. The monoisotopic (exact) mass is 184 g/mol. The second kappa shape index (κ2) is 4.11. The zero-order valence-corrected chi connectivity index (χ0v) is 7.63. The van der Waals surface area contributed by atoms with E-state index in [0.29, 0.717) is 19.0 Å². The second-order valence-electron chi connectivity index (χ2n) is 2.31. The van der Waals surface area contributed by atoms with E-state index in [4.69, 9.17) is 10.5 Å². The molecule has 4 heteroatoms. The predicted octanol–water partition coefficient (Wildman–Crippen LogP) is 1.52. The Morgan fingerprint density at radius 1 is 1.67 bits per heavy atom. The minimum Gasteiger partial charge on any atom is -0.500 e. The third kappa shape index (κ3) is 1.98. The Labute approximate surface area is 77.2 Å². The number of ether oxygens (including phenoxy) is 1. The van der Waals surface area contributed by atoms with Gasteiger partial charge in [0.15, 0.2) is 0 Å². The van der Waals surface area contributed by atoms with Gasteiger partial charge in [0.1, 0.15) is 12.4 Å². The van der Waals surface area contributed by atoms with E-state index in [1.165, 1.54) is 6.26 Å². The van der Waals surface area contributed by atoms with Crippen molar-refractivity contribution in [3.63, 3.8) is 0 Å². The first-order chi connectivity index (χ1) is 5.75. The van der Waals surface area contributed by atoms with Crippen molar-refractivity contribution in [2.45, 2.75) is 11.6 Å². The first-order valence-corrected chi connectivity index (χ1v) is 4.07. The molecule has 0 fully saturated rings. The zero-order chi connectivity index (χ0) is 8.97. The molecule has 0 saturated heterocycles. The van der Waals surface area contributed by atoms with E-state index < -0.39 is 0 Å². The Kier molecular flexibility index (Phi) is 3.10. The summed E-state index contributed by atoms with van der Waals surface area (Å²) in [7, 11) is 0. The van der Waals surface area contributed by atoms with Crippen molar-refractivity contribution in [2.75, 3.05) is 12.3 Å². The van der Waals surface area contributed by atoms with Gasteiger partial charge in [0.2, 0.25) is 0 Å². The second-order valence-corrected chi connectivity index (χ2v) is 2.76. The van der Waals surface area contributed by atoms with Gasteiger partial charge in [0, 0.05) is 0 Å². The molecule has 1 aromatic rings. The van der Waals surface area contributed by atoms with E-state index in [1.54, 1.807) is 0 Å². The maximum atomic E-state index is 5.66. The van der Waals surface area contributed by atoms with Gasteiger partial charge in [-0.05, 0) is 12.1 Å². The molecule has 0 spiro atoms. The maximum Gasteiger partial charge on any atom is 0.105 e. The standard InChI is InChI=1S/C8H12N2OS/c1-2-11-6-5-10-7(9)3-4-8(10)12/h2-4,12H,1,5-6,9H2. The van der Waals surface area contributed by atoms with E-state index >= 15 is 0 Å². The molecule has 0 atom stereocenters. The molecule has 66 valence electrons. The molecule has 0 aliphatic rings. The van der Waals surface area contributed by atoms with Crippen LogP contribution in [-0.4, -0.2) is 11.2 Å². The maximum absolute atomic E-state index is 5.66. The first kappa shape index (κ1) is 9.06. The predicted molar refractivity (Wildman–Crippen MR) is 52.2 cm³/mol. The molecule has 0 bridgehead atoms. The molecule has 1 heterocycles. The molecule has 0 aliphatic heterocycles. The van der Waals surface area contributed by atoms with Crippen LogP contribution in [0, 0.1) is 0 Å². The van der Waals surface area contributed by atoms with Gasteiger partial charge in [-0.2, -0.15) is 0 Å². The SMILES string of the molecule is C=COCCn1c(N)ccc1S. The summed E-state index contributed by atoms with van der Waals surface area (Å²) < 4.78 is 6.84. The van der Waals surface area contributed by atoms with Gasteiger partial charge in [0.05, 0.1) is 17.8 Å². The molecule has 2 N–H and O–H groups in total. The summed E-state index contributed by atoms with van der Waals surface area (Å²) in [6.45, 7) is 4.71. The van der Waals surface area contributed by atoms with Crippen molar-refractivity contribution >= 4 is 18.4 Å². The Morgan fingerprint density at radius 3 is 2.92 bits per heavy atom. The molecule has 0 unspecified atom stereocenters. The lowest BCUT2D eigenvalue weighted by Crippen LogP contribution is -2.07. The lowest BCUT2D eigenvalue weighted by Gasteiger charge is -2.07. The largest absolute Gasteiger partial charge is 0.500 e. The summed E-state index contributed by atoms with van der Waals surface area (Å²) >= 11 is 4.22. The van der Waals surface area contributed by atoms with E-state index in [2.05, 4.69) is 19.2 Å². The van der Waals surface area contributed by atoms with Crippen LogP contribution in [0.2, 0.25) is 0 Å². The summed E-state index contributed by atoms with van der Waals surface area (Å²) in [4.78, 5) is 0. The number of hydrogen-bond donors (Lipinski definition) is 2. The molecule has 12 heavy (non-hydrogen) atoms. The van der Waals surface area contributed by atoms with Crippen LogP contribution in [-0.2, 0) is 11.3 Å². The number of rotatable bonds is 4. The van der Waals surface area contributed by atoms with Crippen LogP contribution in [0.5, 0.6) is 0 Å². The van der Waals surface area contributed by atoms with Crippen LogP contribution in [0.1, 0.15) is 0 Å². The van der Waals surface area contributed by atoms with Gasteiger partial charge in [-0.15, -0.1) is 12.6 Å².